The van der Waals surface area contributed by atoms with Crippen molar-refractivity contribution in [3.8, 4) is 0 Å². The second-order valence-corrected chi connectivity index (χ2v) is 2.04. The smallest absolute Gasteiger partial charge is 0.371 e. The number of hydrogen-bond acceptors (Lipinski definition) is 3. The van der Waals surface area contributed by atoms with Crippen LogP contribution in [-0.2, 0) is 0 Å². The summed E-state index contributed by atoms with van der Waals surface area (Å²) in [6.07, 6.45) is 0. The Hall–Kier alpha value is -1.16. The molecule has 0 aliphatic rings. The number of nitrogen functional groups attached to an aromatic ring is 1. The lowest BCUT2D eigenvalue weighted by molar-refractivity contribution is 0.0663. The summed E-state index contributed by atoms with van der Waals surface area (Å²) in [5.41, 5.74) is 5.12. The van der Waals surface area contributed by atoms with E-state index in [1.807, 2.05) is 0 Å². The normalized spacial score (nSPS) is 9.70. The standard InChI is InChI=1S/C5H4ClNO3/c6-2-1-3(5(8)9)10-4(2)7/h1H,7H2,(H,8,9). The fourth-order valence-electron chi connectivity index (χ4n) is 0.488. The summed E-state index contributed by atoms with van der Waals surface area (Å²) in [6, 6.07) is 1.15. The number of nitrogens with two attached hydrogens (primary N) is 1. The van der Waals surface area contributed by atoms with E-state index >= 15 is 0 Å². The molecule has 1 rings (SSSR count). The number of halogens is 1. The van der Waals surface area contributed by atoms with Crippen LogP contribution in [0.3, 0.4) is 0 Å². The molecular formula is C5H4ClNO3. The molecule has 3 N–H and O–H groups in total. The zero-order valence-electron chi connectivity index (χ0n) is 4.80. The first-order chi connectivity index (χ1) is 4.61. The molecule has 0 aromatic carbocycles. The van der Waals surface area contributed by atoms with Crippen LogP contribution in [-0.4, -0.2) is 11.1 Å². The lowest BCUT2D eigenvalue weighted by atomic mass is 10.5. The van der Waals surface area contributed by atoms with Gasteiger partial charge in [-0.1, -0.05) is 11.6 Å². The van der Waals surface area contributed by atoms with Crippen LogP contribution in [0.15, 0.2) is 10.5 Å². The van der Waals surface area contributed by atoms with Crippen molar-refractivity contribution in [1.29, 1.82) is 0 Å². The lowest BCUT2D eigenvalue weighted by Crippen LogP contribution is -1.91. The molecule has 0 saturated carbocycles. The van der Waals surface area contributed by atoms with Gasteiger partial charge in [0.25, 0.3) is 0 Å². The number of carbonyl (C=O) groups is 1. The molecule has 54 valence electrons. The minimum atomic E-state index is -1.18. The molecule has 4 nitrogen and oxygen atoms in total. The maximum Gasteiger partial charge on any atom is 0.371 e. The highest BCUT2D eigenvalue weighted by atomic mass is 35.5. The van der Waals surface area contributed by atoms with Crippen molar-refractivity contribution in [3.63, 3.8) is 0 Å². The number of anilines is 1. The summed E-state index contributed by atoms with van der Waals surface area (Å²) in [7, 11) is 0. The quantitative estimate of drug-likeness (QED) is 0.649. The van der Waals surface area contributed by atoms with Crippen LogP contribution in [0.1, 0.15) is 10.6 Å². The predicted octanol–water partition coefficient (Wildman–Crippen LogP) is 1.21. The van der Waals surface area contributed by atoms with Crippen LogP contribution in [0, 0.1) is 0 Å². The highest BCUT2D eigenvalue weighted by Crippen LogP contribution is 2.22. The van der Waals surface area contributed by atoms with Gasteiger partial charge in [0.1, 0.15) is 5.02 Å². The molecule has 0 amide bonds. The lowest BCUT2D eigenvalue weighted by Gasteiger charge is -1.82. The highest BCUT2D eigenvalue weighted by Gasteiger charge is 2.11. The number of rotatable bonds is 1. The molecule has 0 atom stereocenters. The van der Waals surface area contributed by atoms with Crippen LogP contribution in [0.4, 0.5) is 5.88 Å². The molecule has 10 heavy (non-hydrogen) atoms. The molecule has 0 bridgehead atoms. The molecule has 0 aliphatic heterocycles. The summed E-state index contributed by atoms with van der Waals surface area (Å²) in [4.78, 5) is 10.2. The van der Waals surface area contributed by atoms with Gasteiger partial charge >= 0.3 is 5.97 Å². The van der Waals surface area contributed by atoms with E-state index in [2.05, 4.69) is 4.42 Å². The molecule has 1 heterocycles. The number of carboxylic acids is 1. The molecule has 1 aromatic rings. The zero-order chi connectivity index (χ0) is 7.72. The Morgan fingerprint density at radius 2 is 2.40 bits per heavy atom. The van der Waals surface area contributed by atoms with Gasteiger partial charge in [-0.3, -0.25) is 0 Å². The van der Waals surface area contributed by atoms with E-state index in [0.29, 0.717) is 0 Å². The Bertz CT molecular complexity index is 248. The van der Waals surface area contributed by atoms with Crippen LogP contribution in [0.5, 0.6) is 0 Å². The van der Waals surface area contributed by atoms with Crippen LogP contribution >= 0.6 is 11.6 Å². The Balaban J connectivity index is 3.10. The molecule has 1 aromatic heterocycles. The SMILES string of the molecule is Nc1oc(C(=O)O)cc1Cl. The Morgan fingerprint density at radius 3 is 2.60 bits per heavy atom. The van der Waals surface area contributed by atoms with Crippen LogP contribution in [0.25, 0.3) is 0 Å². The number of hydrogen-bond donors (Lipinski definition) is 2. The Labute approximate surface area is 61.2 Å². The first kappa shape index (κ1) is 6.95. The first-order valence-corrected chi connectivity index (χ1v) is 2.77. The molecule has 0 fully saturated rings. The number of carboxylic acid groups (broad SMARTS) is 1. The van der Waals surface area contributed by atoms with Gasteiger partial charge in [0.15, 0.2) is 0 Å². The summed E-state index contributed by atoms with van der Waals surface area (Å²) in [6.45, 7) is 0. The van der Waals surface area contributed by atoms with Gasteiger partial charge in [-0.05, 0) is 0 Å². The van der Waals surface area contributed by atoms with Gasteiger partial charge in [-0.2, -0.15) is 0 Å². The molecule has 0 aliphatic carbocycles. The zero-order valence-corrected chi connectivity index (χ0v) is 5.55. The van der Waals surface area contributed by atoms with Crippen molar-refractivity contribution >= 4 is 23.5 Å². The summed E-state index contributed by atoms with van der Waals surface area (Å²) < 4.78 is 4.52. The topological polar surface area (TPSA) is 76.5 Å². The number of aromatic carboxylic acids is 1. The van der Waals surface area contributed by atoms with E-state index in [4.69, 9.17) is 22.4 Å². The van der Waals surface area contributed by atoms with Crippen molar-refractivity contribution in [3.05, 3.63) is 16.8 Å². The van der Waals surface area contributed by atoms with Gasteiger partial charge in [0, 0.05) is 6.07 Å². The molecule has 0 unspecified atom stereocenters. The van der Waals surface area contributed by atoms with E-state index in [1.54, 1.807) is 0 Å². The van der Waals surface area contributed by atoms with Crippen molar-refractivity contribution in [2.75, 3.05) is 5.73 Å². The molecule has 5 heteroatoms. The first-order valence-electron chi connectivity index (χ1n) is 2.39. The third-order valence-electron chi connectivity index (χ3n) is 0.924. The minimum Gasteiger partial charge on any atom is -0.475 e. The fourth-order valence-corrected chi connectivity index (χ4v) is 0.626. The summed E-state index contributed by atoms with van der Waals surface area (Å²) in [5.74, 6) is -1.50. The molecule has 0 saturated heterocycles. The van der Waals surface area contributed by atoms with Crippen LogP contribution < -0.4 is 5.73 Å². The van der Waals surface area contributed by atoms with Crippen molar-refractivity contribution < 1.29 is 14.3 Å². The van der Waals surface area contributed by atoms with Gasteiger partial charge < -0.3 is 15.3 Å². The van der Waals surface area contributed by atoms with Gasteiger partial charge in [-0.25, -0.2) is 4.79 Å². The van der Waals surface area contributed by atoms with Crippen molar-refractivity contribution in [1.82, 2.24) is 0 Å². The van der Waals surface area contributed by atoms with E-state index in [0.717, 1.165) is 6.07 Å². The minimum absolute atomic E-state index is 0.0703. The highest BCUT2D eigenvalue weighted by molar-refractivity contribution is 6.33. The Kier molecular flexibility index (Phi) is 1.55. The maximum absolute atomic E-state index is 10.2. The van der Waals surface area contributed by atoms with Gasteiger partial charge in [0.2, 0.25) is 11.6 Å². The molecule has 0 spiro atoms. The van der Waals surface area contributed by atoms with Crippen molar-refractivity contribution in [2.45, 2.75) is 0 Å². The monoisotopic (exact) mass is 161 g/mol. The third kappa shape index (κ3) is 1.06. The van der Waals surface area contributed by atoms with Crippen molar-refractivity contribution in [2.24, 2.45) is 0 Å². The largest absolute Gasteiger partial charge is 0.475 e. The second kappa shape index (κ2) is 2.22. The second-order valence-electron chi connectivity index (χ2n) is 1.63. The number of furan rings is 1. The van der Waals surface area contributed by atoms with Crippen LogP contribution in [0.2, 0.25) is 5.02 Å². The fraction of sp³-hybridized carbons (Fsp3) is 0. The van der Waals surface area contributed by atoms with E-state index < -0.39 is 5.97 Å². The summed E-state index contributed by atoms with van der Waals surface area (Å²) >= 11 is 5.39. The van der Waals surface area contributed by atoms with E-state index in [-0.39, 0.29) is 16.7 Å². The third-order valence-corrected chi connectivity index (χ3v) is 1.22. The maximum atomic E-state index is 10.2. The van der Waals surface area contributed by atoms with E-state index in [9.17, 15) is 4.79 Å². The van der Waals surface area contributed by atoms with Gasteiger partial charge in [0.05, 0.1) is 0 Å². The molecule has 0 radical (unpaired) electrons. The predicted molar refractivity (Wildman–Crippen MR) is 35.1 cm³/mol. The average molecular weight is 162 g/mol. The Morgan fingerprint density at radius 1 is 1.80 bits per heavy atom. The van der Waals surface area contributed by atoms with E-state index in [1.165, 1.54) is 0 Å². The molecular weight excluding hydrogens is 158 g/mol. The summed E-state index contributed by atoms with van der Waals surface area (Å²) in [5, 5.41) is 8.44. The average Bonchev–Trinajstić information content (AvgIpc) is 2.13. The van der Waals surface area contributed by atoms with Gasteiger partial charge in [-0.15, -0.1) is 0 Å².